The van der Waals surface area contributed by atoms with Crippen LogP contribution in [0.1, 0.15) is 20.7 Å². The molecule has 0 saturated heterocycles. The second-order valence-corrected chi connectivity index (χ2v) is 15.4. The number of rotatable bonds is 9. The summed E-state index contributed by atoms with van der Waals surface area (Å²) >= 11 is 0. The third kappa shape index (κ3) is 5.69. The molecule has 0 aliphatic rings. The van der Waals surface area contributed by atoms with E-state index in [2.05, 4.69) is 35.0 Å². The number of carbonyl (C=O) groups excluding carboxylic acids is 1. The first-order chi connectivity index (χ1) is 17.0. The standard InChI is InChI=1S/C25H28FN5O4Si/c1-30-14-19(13-28-30)22-11-17-9-18(12-27-23(17)31(22)15-35-7-8-36(2,3)4)24(32)29-21-10-16(25(33)34)5-6-20(21)26/h5-6,9-14H,7-8,15H2,1-4H3,(H,29,32)(H,33,34). The van der Waals surface area contributed by atoms with E-state index in [4.69, 9.17) is 9.84 Å². The van der Waals surface area contributed by atoms with Crippen molar-refractivity contribution in [3.63, 3.8) is 0 Å². The van der Waals surface area contributed by atoms with Crippen molar-refractivity contribution in [2.45, 2.75) is 32.4 Å². The molecule has 4 rings (SSSR count). The second kappa shape index (κ2) is 10.0. The van der Waals surface area contributed by atoms with Gasteiger partial charge in [-0.05, 0) is 36.4 Å². The smallest absolute Gasteiger partial charge is 0.335 e. The number of hydrogen-bond donors (Lipinski definition) is 2. The molecule has 1 aromatic carbocycles. The molecule has 188 valence electrons. The van der Waals surface area contributed by atoms with E-state index < -0.39 is 25.8 Å². The van der Waals surface area contributed by atoms with Gasteiger partial charge in [0.2, 0.25) is 0 Å². The monoisotopic (exact) mass is 509 g/mol. The number of aromatic carboxylic acids is 1. The largest absolute Gasteiger partial charge is 0.478 e. The van der Waals surface area contributed by atoms with Gasteiger partial charge < -0.3 is 19.7 Å². The van der Waals surface area contributed by atoms with E-state index >= 15 is 0 Å². The zero-order valence-corrected chi connectivity index (χ0v) is 21.6. The maximum absolute atomic E-state index is 14.2. The minimum absolute atomic E-state index is 0.132. The normalized spacial score (nSPS) is 11.7. The van der Waals surface area contributed by atoms with E-state index in [0.29, 0.717) is 24.4 Å². The number of nitrogens with zero attached hydrogens (tertiary/aromatic N) is 4. The highest BCUT2D eigenvalue weighted by atomic mass is 28.3. The molecule has 0 atom stereocenters. The quantitative estimate of drug-likeness (QED) is 0.247. The lowest BCUT2D eigenvalue weighted by molar-refractivity contribution is 0.0696. The van der Waals surface area contributed by atoms with E-state index in [9.17, 15) is 14.0 Å². The number of anilines is 1. The summed E-state index contributed by atoms with van der Waals surface area (Å²) in [5.41, 5.74) is 2.21. The average molecular weight is 510 g/mol. The predicted molar refractivity (Wildman–Crippen MR) is 137 cm³/mol. The van der Waals surface area contributed by atoms with Crippen LogP contribution < -0.4 is 5.32 Å². The molecule has 0 fully saturated rings. The number of benzene rings is 1. The van der Waals surface area contributed by atoms with Gasteiger partial charge in [-0.15, -0.1) is 0 Å². The number of carbonyl (C=O) groups is 2. The van der Waals surface area contributed by atoms with E-state index in [1.807, 2.05) is 23.9 Å². The maximum atomic E-state index is 14.2. The number of nitrogens with one attached hydrogen (secondary N) is 1. The van der Waals surface area contributed by atoms with Crippen molar-refractivity contribution in [1.29, 1.82) is 0 Å². The summed E-state index contributed by atoms with van der Waals surface area (Å²) in [6.07, 6.45) is 5.04. The van der Waals surface area contributed by atoms with Gasteiger partial charge in [0.15, 0.2) is 0 Å². The molecule has 9 nitrogen and oxygen atoms in total. The highest BCUT2D eigenvalue weighted by molar-refractivity contribution is 6.76. The Kier molecular flexibility index (Phi) is 7.04. The molecule has 3 heterocycles. The number of fused-ring (bicyclic) bond motifs is 1. The van der Waals surface area contributed by atoms with Crippen molar-refractivity contribution in [3.05, 3.63) is 65.9 Å². The van der Waals surface area contributed by atoms with E-state index in [1.54, 1.807) is 16.9 Å². The van der Waals surface area contributed by atoms with E-state index in [0.717, 1.165) is 35.5 Å². The Balaban J connectivity index is 1.64. The Morgan fingerprint density at radius 2 is 1.92 bits per heavy atom. The Bertz CT molecular complexity index is 1440. The molecule has 11 heteroatoms. The number of amides is 1. The zero-order chi connectivity index (χ0) is 26.0. The molecular weight excluding hydrogens is 481 g/mol. The van der Waals surface area contributed by atoms with Crippen LogP contribution in [0.2, 0.25) is 25.7 Å². The fraction of sp³-hybridized carbons (Fsp3) is 0.280. The van der Waals surface area contributed by atoms with E-state index in [-0.39, 0.29) is 16.8 Å². The van der Waals surface area contributed by atoms with Crippen LogP contribution in [0.15, 0.2) is 48.9 Å². The summed E-state index contributed by atoms with van der Waals surface area (Å²) < 4.78 is 23.8. The Morgan fingerprint density at radius 1 is 1.14 bits per heavy atom. The van der Waals surface area contributed by atoms with Crippen molar-refractivity contribution in [1.82, 2.24) is 19.3 Å². The first-order valence-electron chi connectivity index (χ1n) is 11.4. The number of carboxylic acids is 1. The summed E-state index contributed by atoms with van der Waals surface area (Å²) in [4.78, 5) is 28.6. The van der Waals surface area contributed by atoms with E-state index in [1.165, 1.54) is 6.20 Å². The third-order valence-corrected chi connectivity index (χ3v) is 7.38. The molecule has 0 saturated carbocycles. The molecule has 2 N–H and O–H groups in total. The molecule has 0 aliphatic heterocycles. The van der Waals surface area contributed by atoms with Crippen LogP contribution in [0.3, 0.4) is 0 Å². The highest BCUT2D eigenvalue weighted by Gasteiger charge is 2.18. The number of carboxylic acid groups (broad SMARTS) is 1. The van der Waals surface area contributed by atoms with Crippen molar-refractivity contribution < 1.29 is 23.8 Å². The first kappa shape index (κ1) is 25.3. The molecule has 3 aromatic heterocycles. The number of ether oxygens (including phenoxy) is 1. The fourth-order valence-corrected chi connectivity index (χ4v) is 4.43. The van der Waals surface area contributed by atoms with Gasteiger partial charge in [-0.2, -0.15) is 5.10 Å². The molecular formula is C25H28FN5O4Si. The van der Waals surface area contributed by atoms with Gasteiger partial charge in [-0.3, -0.25) is 9.48 Å². The van der Waals surface area contributed by atoms with Gasteiger partial charge in [0, 0.05) is 45.1 Å². The Hall–Kier alpha value is -3.83. The topological polar surface area (TPSA) is 111 Å². The average Bonchev–Trinajstić information content (AvgIpc) is 3.40. The van der Waals surface area contributed by atoms with Gasteiger partial charge in [-0.1, -0.05) is 19.6 Å². The van der Waals surface area contributed by atoms with Gasteiger partial charge in [0.1, 0.15) is 18.2 Å². The number of pyridine rings is 1. The molecule has 0 spiro atoms. The van der Waals surface area contributed by atoms with Gasteiger partial charge in [0.25, 0.3) is 5.91 Å². The van der Waals surface area contributed by atoms with Crippen LogP contribution in [0.25, 0.3) is 22.3 Å². The summed E-state index contributed by atoms with van der Waals surface area (Å²) in [5, 5.41) is 16.6. The number of hydrogen-bond acceptors (Lipinski definition) is 5. The number of halogens is 1. The minimum atomic E-state index is -1.24. The summed E-state index contributed by atoms with van der Waals surface area (Å²) in [5.74, 6) is -2.55. The molecule has 0 unspecified atom stereocenters. The number of aromatic nitrogens is 4. The predicted octanol–water partition coefficient (Wildman–Crippen LogP) is 4.84. The molecule has 0 radical (unpaired) electrons. The lowest BCUT2D eigenvalue weighted by atomic mass is 10.1. The molecule has 1 amide bonds. The van der Waals surface area contributed by atoms with Crippen LogP contribution in [0.5, 0.6) is 0 Å². The van der Waals surface area contributed by atoms with Crippen molar-refractivity contribution in [2.75, 3.05) is 11.9 Å². The fourth-order valence-electron chi connectivity index (χ4n) is 3.68. The summed E-state index contributed by atoms with van der Waals surface area (Å²) in [6.45, 7) is 7.81. The van der Waals surface area contributed by atoms with Crippen LogP contribution in [0, 0.1) is 5.82 Å². The Labute approximate surface area is 208 Å². The minimum Gasteiger partial charge on any atom is -0.478 e. The molecule has 0 aliphatic carbocycles. The van der Waals surface area contributed by atoms with Crippen molar-refractivity contribution >= 4 is 36.7 Å². The molecule has 4 aromatic rings. The number of aryl methyl sites for hydroxylation is 1. The van der Waals surface area contributed by atoms with Crippen LogP contribution in [-0.4, -0.2) is 51.0 Å². The summed E-state index contributed by atoms with van der Waals surface area (Å²) in [7, 11) is 0.593. The van der Waals surface area contributed by atoms with Crippen LogP contribution in [0.4, 0.5) is 10.1 Å². The SMILES string of the molecule is Cn1cc(-c2cc3cc(C(=O)Nc4cc(C(=O)O)ccc4F)cnc3n2COCC[Si](C)(C)C)cn1. The second-order valence-electron chi connectivity index (χ2n) is 9.80. The highest BCUT2D eigenvalue weighted by Crippen LogP contribution is 2.28. The van der Waals surface area contributed by atoms with Crippen molar-refractivity contribution in [2.24, 2.45) is 7.05 Å². The first-order valence-corrected chi connectivity index (χ1v) is 15.1. The molecule has 0 bridgehead atoms. The van der Waals surface area contributed by atoms with Crippen LogP contribution >= 0.6 is 0 Å². The van der Waals surface area contributed by atoms with Gasteiger partial charge >= 0.3 is 5.97 Å². The van der Waals surface area contributed by atoms with Gasteiger partial charge in [-0.25, -0.2) is 14.2 Å². The van der Waals surface area contributed by atoms with Crippen molar-refractivity contribution in [3.8, 4) is 11.3 Å². The Morgan fingerprint density at radius 3 is 2.58 bits per heavy atom. The van der Waals surface area contributed by atoms with Gasteiger partial charge in [0.05, 0.1) is 28.7 Å². The maximum Gasteiger partial charge on any atom is 0.335 e. The lowest BCUT2D eigenvalue weighted by Crippen LogP contribution is -2.22. The van der Waals surface area contributed by atoms with Crippen LogP contribution in [-0.2, 0) is 18.5 Å². The summed E-state index contributed by atoms with van der Waals surface area (Å²) in [6, 6.07) is 7.82. The lowest BCUT2D eigenvalue weighted by Gasteiger charge is -2.16. The third-order valence-electron chi connectivity index (χ3n) is 5.67. The zero-order valence-electron chi connectivity index (χ0n) is 20.6. The molecule has 36 heavy (non-hydrogen) atoms.